The van der Waals surface area contributed by atoms with E-state index in [0.717, 1.165) is 25.4 Å². The van der Waals surface area contributed by atoms with Crippen LogP contribution in [0.15, 0.2) is 48.6 Å². The van der Waals surface area contributed by atoms with E-state index in [1.165, 1.54) is 30.4 Å². The van der Waals surface area contributed by atoms with E-state index in [0.29, 0.717) is 0 Å². The van der Waals surface area contributed by atoms with Gasteiger partial charge in [0.2, 0.25) is 0 Å². The highest BCUT2D eigenvalue weighted by Gasteiger charge is 2.12. The van der Waals surface area contributed by atoms with Crippen molar-refractivity contribution in [3.05, 3.63) is 59.7 Å². The number of hydrogen-bond acceptors (Lipinski definition) is 1. The minimum absolute atomic E-state index is 0.243. The first-order valence-electron chi connectivity index (χ1n) is 8.67. The first-order valence-corrected chi connectivity index (χ1v) is 8.67. The maximum Gasteiger partial charge on any atom is 0.0205 e. The van der Waals surface area contributed by atoms with Gasteiger partial charge >= 0.3 is 0 Å². The molecule has 0 saturated carbocycles. The van der Waals surface area contributed by atoms with Crippen LogP contribution in [0.2, 0.25) is 0 Å². The summed E-state index contributed by atoms with van der Waals surface area (Å²) in [5, 5.41) is 3.57. The molecule has 0 amide bonds. The van der Waals surface area contributed by atoms with Gasteiger partial charge in [-0.1, -0.05) is 69.3 Å². The number of nitrogens with one attached hydrogen (secondary N) is 1. The van der Waals surface area contributed by atoms with Crippen LogP contribution in [0.4, 0.5) is 0 Å². The van der Waals surface area contributed by atoms with E-state index in [4.69, 9.17) is 0 Å². The molecule has 1 atom stereocenters. The Labute approximate surface area is 136 Å². The molecule has 0 heterocycles. The quantitative estimate of drug-likeness (QED) is 0.549. The number of allylic oxidation sites excluding steroid dienone is 4. The lowest BCUT2D eigenvalue weighted by Gasteiger charge is -2.19. The number of hydrogen-bond donors (Lipinski definition) is 1. The lowest BCUT2D eigenvalue weighted by atomic mass is 9.87. The van der Waals surface area contributed by atoms with E-state index in [9.17, 15) is 0 Å². The zero-order valence-corrected chi connectivity index (χ0v) is 14.4. The Kier molecular flexibility index (Phi) is 6.45. The van der Waals surface area contributed by atoms with Crippen molar-refractivity contribution in [3.63, 3.8) is 0 Å². The summed E-state index contributed by atoms with van der Waals surface area (Å²) in [6.07, 6.45) is 14.2. The van der Waals surface area contributed by atoms with Crippen LogP contribution in [-0.2, 0) is 12.0 Å². The van der Waals surface area contributed by atoms with Gasteiger partial charge in [-0.25, -0.2) is 0 Å². The molecule has 0 aliphatic heterocycles. The summed E-state index contributed by atoms with van der Waals surface area (Å²) < 4.78 is 0. The molecule has 1 aromatic carbocycles. The van der Waals surface area contributed by atoms with Crippen LogP contribution in [0.5, 0.6) is 0 Å². The maximum atomic E-state index is 3.57. The fraction of sp³-hybridized carbons (Fsp3) is 0.524. The van der Waals surface area contributed by atoms with E-state index in [2.05, 4.69) is 74.7 Å². The van der Waals surface area contributed by atoms with Crippen LogP contribution in [0.3, 0.4) is 0 Å². The molecule has 0 fully saturated rings. The fourth-order valence-corrected chi connectivity index (χ4v) is 2.85. The summed E-state index contributed by atoms with van der Waals surface area (Å²) in [5.41, 5.74) is 3.03. The summed E-state index contributed by atoms with van der Waals surface area (Å²) in [5.74, 6) is 0.742. The highest BCUT2D eigenvalue weighted by atomic mass is 14.8. The Morgan fingerprint density at radius 3 is 2.55 bits per heavy atom. The third-order valence-electron chi connectivity index (χ3n) is 4.36. The number of benzene rings is 1. The third-order valence-corrected chi connectivity index (χ3v) is 4.36. The molecule has 0 unspecified atom stereocenters. The van der Waals surface area contributed by atoms with Crippen molar-refractivity contribution in [2.75, 3.05) is 6.54 Å². The summed E-state index contributed by atoms with van der Waals surface area (Å²) >= 11 is 0. The molecule has 1 aliphatic carbocycles. The minimum Gasteiger partial charge on any atom is -0.313 e. The lowest BCUT2D eigenvalue weighted by Crippen LogP contribution is -2.16. The molecule has 120 valence electrons. The molecule has 22 heavy (non-hydrogen) atoms. The van der Waals surface area contributed by atoms with Crippen molar-refractivity contribution >= 4 is 0 Å². The maximum absolute atomic E-state index is 3.57. The second-order valence-corrected chi connectivity index (χ2v) is 7.40. The van der Waals surface area contributed by atoms with Crippen LogP contribution in [0.25, 0.3) is 0 Å². The standard InChI is InChI=1S/C21H31N/c1-21(2,3)20-14-12-19(13-15-20)17-22-16-8-11-18-9-6-4-5-7-10-18/h4,6-7,10,12-15,18,22H,5,8-9,11,16-17H2,1-3H3/t18-/m1/s1. The molecular formula is C21H31N. The van der Waals surface area contributed by atoms with Gasteiger partial charge in [0.15, 0.2) is 0 Å². The monoisotopic (exact) mass is 297 g/mol. The van der Waals surface area contributed by atoms with Crippen LogP contribution in [0, 0.1) is 5.92 Å². The summed E-state index contributed by atoms with van der Waals surface area (Å²) in [4.78, 5) is 0. The normalized spacial score (nSPS) is 18.4. The predicted molar refractivity (Wildman–Crippen MR) is 97.1 cm³/mol. The average molecular weight is 297 g/mol. The van der Waals surface area contributed by atoms with Gasteiger partial charge < -0.3 is 5.32 Å². The SMILES string of the molecule is CC(C)(C)c1ccc(CNCCC[C@H]2C=CCC=CC2)cc1. The summed E-state index contributed by atoms with van der Waals surface area (Å²) in [7, 11) is 0. The van der Waals surface area contributed by atoms with Crippen molar-refractivity contribution in [2.45, 2.75) is 58.4 Å². The first kappa shape index (κ1) is 17.0. The highest BCUT2D eigenvalue weighted by molar-refractivity contribution is 5.27. The van der Waals surface area contributed by atoms with E-state index < -0.39 is 0 Å². The molecule has 0 bridgehead atoms. The Morgan fingerprint density at radius 1 is 1.05 bits per heavy atom. The molecule has 1 nitrogen and oxygen atoms in total. The Bertz CT molecular complexity index is 488. The van der Waals surface area contributed by atoms with Gasteiger partial charge in [-0.15, -0.1) is 0 Å². The smallest absolute Gasteiger partial charge is 0.0205 e. The van der Waals surface area contributed by atoms with Crippen molar-refractivity contribution in [1.82, 2.24) is 5.32 Å². The van der Waals surface area contributed by atoms with Crippen LogP contribution in [0.1, 0.15) is 57.6 Å². The van der Waals surface area contributed by atoms with Gasteiger partial charge in [-0.2, -0.15) is 0 Å². The molecule has 0 radical (unpaired) electrons. The third kappa shape index (κ3) is 5.81. The van der Waals surface area contributed by atoms with E-state index >= 15 is 0 Å². The van der Waals surface area contributed by atoms with Crippen molar-refractivity contribution in [3.8, 4) is 0 Å². The summed E-state index contributed by atoms with van der Waals surface area (Å²) in [6, 6.07) is 9.04. The van der Waals surface area contributed by atoms with Gasteiger partial charge in [0.05, 0.1) is 0 Å². The molecule has 0 aromatic heterocycles. The molecule has 1 N–H and O–H groups in total. The zero-order valence-electron chi connectivity index (χ0n) is 14.4. The average Bonchev–Trinajstić information content (AvgIpc) is 2.75. The largest absolute Gasteiger partial charge is 0.313 e. The minimum atomic E-state index is 0.243. The van der Waals surface area contributed by atoms with Crippen molar-refractivity contribution in [1.29, 1.82) is 0 Å². The second-order valence-electron chi connectivity index (χ2n) is 7.40. The van der Waals surface area contributed by atoms with Crippen LogP contribution >= 0.6 is 0 Å². The van der Waals surface area contributed by atoms with Crippen molar-refractivity contribution in [2.24, 2.45) is 5.92 Å². The molecule has 2 rings (SSSR count). The fourth-order valence-electron chi connectivity index (χ4n) is 2.85. The van der Waals surface area contributed by atoms with Crippen LogP contribution in [-0.4, -0.2) is 6.54 Å². The summed E-state index contributed by atoms with van der Waals surface area (Å²) in [6.45, 7) is 8.87. The van der Waals surface area contributed by atoms with E-state index in [1.54, 1.807) is 0 Å². The Balaban J connectivity index is 1.65. The van der Waals surface area contributed by atoms with Crippen LogP contribution < -0.4 is 5.32 Å². The van der Waals surface area contributed by atoms with Gasteiger partial charge in [0.25, 0.3) is 0 Å². The highest BCUT2D eigenvalue weighted by Crippen LogP contribution is 2.22. The van der Waals surface area contributed by atoms with Gasteiger partial charge in [0.1, 0.15) is 0 Å². The predicted octanol–water partition coefficient (Wildman–Crippen LogP) is 5.38. The topological polar surface area (TPSA) is 12.0 Å². The Hall–Kier alpha value is -1.34. The van der Waals surface area contributed by atoms with E-state index in [-0.39, 0.29) is 5.41 Å². The molecule has 1 heteroatoms. The number of rotatable bonds is 6. The zero-order chi connectivity index (χ0) is 15.8. The molecule has 1 aromatic rings. The van der Waals surface area contributed by atoms with Gasteiger partial charge in [-0.3, -0.25) is 0 Å². The lowest BCUT2D eigenvalue weighted by molar-refractivity contribution is 0.537. The molecule has 1 aliphatic rings. The first-order chi connectivity index (χ1) is 10.6. The van der Waals surface area contributed by atoms with E-state index in [1.807, 2.05) is 0 Å². The van der Waals surface area contributed by atoms with Crippen molar-refractivity contribution < 1.29 is 0 Å². The van der Waals surface area contributed by atoms with Gasteiger partial charge in [-0.05, 0) is 54.7 Å². The molecule has 0 saturated heterocycles. The van der Waals surface area contributed by atoms with Gasteiger partial charge in [0, 0.05) is 6.54 Å². The Morgan fingerprint density at radius 2 is 1.82 bits per heavy atom. The second kappa shape index (κ2) is 8.33. The molecular weight excluding hydrogens is 266 g/mol. The molecule has 0 spiro atoms.